The Hall–Kier alpha value is -1.30. The Balaban J connectivity index is 1.60. The van der Waals surface area contributed by atoms with E-state index in [0.29, 0.717) is 11.8 Å². The molecule has 0 radical (unpaired) electrons. The van der Waals surface area contributed by atoms with Gasteiger partial charge in [-0.3, -0.25) is 4.79 Å². The number of amides is 1. The van der Waals surface area contributed by atoms with Gasteiger partial charge in [-0.25, -0.2) is 0 Å². The fourth-order valence-corrected chi connectivity index (χ4v) is 5.72. The fourth-order valence-electron chi connectivity index (χ4n) is 3.79. The van der Waals surface area contributed by atoms with Gasteiger partial charge in [-0.15, -0.1) is 23.1 Å². The van der Waals surface area contributed by atoms with Gasteiger partial charge in [0.05, 0.1) is 29.8 Å². The van der Waals surface area contributed by atoms with Crippen LogP contribution in [-0.4, -0.2) is 30.8 Å². The number of rotatable bonds is 7. The van der Waals surface area contributed by atoms with Crippen LogP contribution in [-0.2, 0) is 4.79 Å². The van der Waals surface area contributed by atoms with Gasteiger partial charge in [0, 0.05) is 17.7 Å². The molecular weight excluding hydrogens is 360 g/mol. The van der Waals surface area contributed by atoms with E-state index in [9.17, 15) is 4.79 Å². The van der Waals surface area contributed by atoms with Crippen molar-refractivity contribution in [1.82, 2.24) is 5.32 Å². The molecule has 1 amide bonds. The summed E-state index contributed by atoms with van der Waals surface area (Å²) in [6, 6.07) is 11.3. The smallest absolute Gasteiger partial charge is 0.230 e. The summed E-state index contributed by atoms with van der Waals surface area (Å²) in [6.07, 6.45) is 2.58. The van der Waals surface area contributed by atoms with E-state index in [1.807, 2.05) is 11.3 Å². The van der Waals surface area contributed by atoms with E-state index in [4.69, 9.17) is 0 Å². The Morgan fingerprint density at radius 2 is 2.04 bits per heavy atom. The number of hydrogen-bond donors (Lipinski definition) is 2. The van der Waals surface area contributed by atoms with Gasteiger partial charge >= 0.3 is 0 Å². The Kier molecular flexibility index (Phi) is 6.79. The zero-order valence-electron chi connectivity index (χ0n) is 15.9. The largest absolute Gasteiger partial charge is 0.347 e. The van der Waals surface area contributed by atoms with Crippen molar-refractivity contribution in [2.24, 2.45) is 0 Å². The summed E-state index contributed by atoms with van der Waals surface area (Å²) in [4.78, 5) is 16.8. The van der Waals surface area contributed by atoms with E-state index in [-0.39, 0.29) is 11.9 Å². The van der Waals surface area contributed by atoms with Crippen LogP contribution in [0, 0.1) is 13.8 Å². The Bertz CT molecular complexity index is 724. The van der Waals surface area contributed by atoms with Crippen molar-refractivity contribution in [3.63, 3.8) is 0 Å². The lowest BCUT2D eigenvalue weighted by Gasteiger charge is -2.29. The van der Waals surface area contributed by atoms with Crippen molar-refractivity contribution in [2.45, 2.75) is 50.6 Å². The van der Waals surface area contributed by atoms with E-state index in [0.717, 1.165) is 0 Å². The molecule has 0 saturated carbocycles. The Morgan fingerprint density at radius 1 is 1.27 bits per heavy atom. The normalized spacial score (nSPS) is 17.2. The average Bonchev–Trinajstić information content (AvgIpc) is 3.30. The van der Waals surface area contributed by atoms with Crippen molar-refractivity contribution in [1.29, 1.82) is 0 Å². The predicted molar refractivity (Wildman–Crippen MR) is 111 cm³/mol. The van der Waals surface area contributed by atoms with Crippen LogP contribution in [0.25, 0.3) is 0 Å². The van der Waals surface area contributed by atoms with Crippen LogP contribution in [0.1, 0.15) is 41.8 Å². The molecule has 1 aliphatic heterocycles. The molecule has 2 N–H and O–H groups in total. The first kappa shape index (κ1) is 19.5. The van der Waals surface area contributed by atoms with Gasteiger partial charge in [-0.2, -0.15) is 0 Å². The molecule has 0 unspecified atom stereocenters. The highest BCUT2D eigenvalue weighted by molar-refractivity contribution is 8.00. The first-order chi connectivity index (χ1) is 12.5. The second kappa shape index (κ2) is 9.07. The number of hydrogen-bond acceptors (Lipinski definition) is 3. The van der Waals surface area contributed by atoms with Gasteiger partial charge in [0.1, 0.15) is 6.04 Å². The van der Waals surface area contributed by atoms with Crippen molar-refractivity contribution >= 4 is 29.0 Å². The highest BCUT2D eigenvalue weighted by Crippen LogP contribution is 2.24. The van der Waals surface area contributed by atoms with Crippen LogP contribution in [0.2, 0.25) is 0 Å². The number of benzene rings is 1. The van der Waals surface area contributed by atoms with Crippen molar-refractivity contribution in [3.8, 4) is 0 Å². The van der Waals surface area contributed by atoms with E-state index >= 15 is 0 Å². The molecule has 1 fully saturated rings. The minimum Gasteiger partial charge on any atom is -0.347 e. The predicted octanol–water partition coefficient (Wildman–Crippen LogP) is 3.38. The summed E-state index contributed by atoms with van der Waals surface area (Å²) in [7, 11) is 0. The minimum absolute atomic E-state index is 0.128. The SMILES string of the molecule is Cc1ccc(C)c(SCC(=O)N[C@@H](C)[C@@H](c2cccs2)[NH+]2CCCC2)c1. The van der Waals surface area contributed by atoms with Gasteiger partial charge < -0.3 is 10.2 Å². The molecule has 1 aromatic carbocycles. The second-order valence-electron chi connectivity index (χ2n) is 7.27. The van der Waals surface area contributed by atoms with Gasteiger partial charge in [0.2, 0.25) is 5.91 Å². The number of thioether (sulfide) groups is 1. The number of carbonyl (C=O) groups excluding carboxylic acids is 1. The second-order valence-corrected chi connectivity index (χ2v) is 9.27. The van der Waals surface area contributed by atoms with Crippen molar-refractivity contribution in [3.05, 3.63) is 51.7 Å². The molecule has 1 aliphatic rings. The van der Waals surface area contributed by atoms with Crippen LogP contribution < -0.4 is 10.2 Å². The third kappa shape index (κ3) is 4.90. The molecule has 5 heteroatoms. The number of likely N-dealkylation sites (tertiary alicyclic amines) is 1. The van der Waals surface area contributed by atoms with E-state index in [1.54, 1.807) is 16.7 Å². The molecule has 2 aromatic rings. The zero-order valence-corrected chi connectivity index (χ0v) is 17.5. The Morgan fingerprint density at radius 3 is 2.73 bits per heavy atom. The average molecular weight is 390 g/mol. The quantitative estimate of drug-likeness (QED) is 0.712. The number of carbonyl (C=O) groups is 1. The number of quaternary nitrogens is 1. The first-order valence-electron chi connectivity index (χ1n) is 9.42. The maximum atomic E-state index is 12.6. The molecule has 2 heterocycles. The van der Waals surface area contributed by atoms with Crippen LogP contribution in [0.3, 0.4) is 0 Å². The van der Waals surface area contributed by atoms with Crippen molar-refractivity contribution in [2.75, 3.05) is 18.8 Å². The summed E-state index contributed by atoms with van der Waals surface area (Å²) < 4.78 is 0. The zero-order chi connectivity index (χ0) is 18.5. The highest BCUT2D eigenvalue weighted by atomic mass is 32.2. The lowest BCUT2D eigenvalue weighted by Crippen LogP contribution is -3.11. The third-order valence-corrected chi connectivity index (χ3v) is 7.24. The van der Waals surface area contributed by atoms with E-state index in [1.165, 1.54) is 46.8 Å². The van der Waals surface area contributed by atoms with E-state index < -0.39 is 0 Å². The van der Waals surface area contributed by atoms with Gasteiger partial charge in [-0.05, 0) is 43.8 Å². The molecular formula is C21H29N2OS2+. The fraction of sp³-hybridized carbons (Fsp3) is 0.476. The molecule has 3 rings (SSSR count). The Labute approximate surface area is 165 Å². The molecule has 140 valence electrons. The van der Waals surface area contributed by atoms with E-state index in [2.05, 4.69) is 61.8 Å². The minimum atomic E-state index is 0.128. The molecule has 0 spiro atoms. The van der Waals surface area contributed by atoms with Crippen LogP contribution >= 0.6 is 23.1 Å². The molecule has 3 nitrogen and oxygen atoms in total. The maximum absolute atomic E-state index is 12.6. The molecule has 1 saturated heterocycles. The van der Waals surface area contributed by atoms with Crippen LogP contribution in [0.5, 0.6) is 0 Å². The third-order valence-electron chi connectivity index (χ3n) is 5.13. The van der Waals surface area contributed by atoms with Gasteiger partial charge in [-0.1, -0.05) is 23.8 Å². The molecule has 1 aromatic heterocycles. The summed E-state index contributed by atoms with van der Waals surface area (Å²) in [5.74, 6) is 0.602. The topological polar surface area (TPSA) is 33.5 Å². The molecule has 0 bridgehead atoms. The first-order valence-corrected chi connectivity index (χ1v) is 11.3. The number of aryl methyl sites for hydroxylation is 2. The van der Waals surface area contributed by atoms with Crippen LogP contribution in [0.15, 0.2) is 40.6 Å². The standard InChI is InChI=1S/C21H28N2OS2/c1-15-8-9-16(2)19(13-15)26-14-20(24)22-17(3)21(18-7-6-12-25-18)23-10-4-5-11-23/h6-9,12-13,17,21H,4-5,10-11,14H2,1-3H3,(H,22,24)/p+1/t17-,21-/m0/s1. The summed E-state index contributed by atoms with van der Waals surface area (Å²) in [5.41, 5.74) is 2.47. The van der Waals surface area contributed by atoms with Crippen molar-refractivity contribution < 1.29 is 9.69 Å². The maximum Gasteiger partial charge on any atom is 0.230 e. The number of nitrogens with one attached hydrogen (secondary N) is 2. The van der Waals surface area contributed by atoms with Crippen LogP contribution in [0.4, 0.5) is 0 Å². The summed E-state index contributed by atoms with van der Waals surface area (Å²) in [5, 5.41) is 5.42. The van der Waals surface area contributed by atoms with Gasteiger partial charge in [0.25, 0.3) is 0 Å². The summed E-state index contributed by atoms with van der Waals surface area (Å²) >= 11 is 3.45. The highest BCUT2D eigenvalue weighted by Gasteiger charge is 2.33. The molecule has 0 aliphatic carbocycles. The monoisotopic (exact) mass is 389 g/mol. The summed E-state index contributed by atoms with van der Waals surface area (Å²) in [6.45, 7) is 8.78. The molecule has 26 heavy (non-hydrogen) atoms. The number of thiophene rings is 1. The van der Waals surface area contributed by atoms with Gasteiger partial charge in [0.15, 0.2) is 0 Å². The lowest BCUT2D eigenvalue weighted by atomic mass is 10.1. The molecule has 2 atom stereocenters. The lowest BCUT2D eigenvalue weighted by molar-refractivity contribution is -0.920.